The number of carboxylic acids is 1. The molecular formula is C9H16FNO3. The van der Waals surface area contributed by atoms with Crippen molar-refractivity contribution in [2.75, 3.05) is 13.1 Å². The third kappa shape index (κ3) is 1.88. The molecule has 0 aromatic carbocycles. The van der Waals surface area contributed by atoms with Crippen molar-refractivity contribution >= 4 is 5.97 Å². The van der Waals surface area contributed by atoms with E-state index in [1.165, 1.54) is 0 Å². The SMILES string of the molecule is CCC1CNCCC1(O)C(F)C(=O)O. The minimum atomic E-state index is -2.19. The molecule has 1 saturated heterocycles. The van der Waals surface area contributed by atoms with Crippen LogP contribution < -0.4 is 5.32 Å². The molecule has 4 nitrogen and oxygen atoms in total. The van der Waals surface area contributed by atoms with E-state index in [1.54, 1.807) is 0 Å². The lowest BCUT2D eigenvalue weighted by molar-refractivity contribution is -0.163. The van der Waals surface area contributed by atoms with Crippen LogP contribution in [0.1, 0.15) is 19.8 Å². The zero-order valence-electron chi connectivity index (χ0n) is 8.16. The van der Waals surface area contributed by atoms with Crippen molar-refractivity contribution in [2.45, 2.75) is 31.5 Å². The number of carboxylic acid groups (broad SMARTS) is 1. The van der Waals surface area contributed by atoms with Crippen molar-refractivity contribution < 1.29 is 19.4 Å². The summed E-state index contributed by atoms with van der Waals surface area (Å²) < 4.78 is 13.4. The van der Waals surface area contributed by atoms with Crippen LogP contribution in [0.15, 0.2) is 0 Å². The van der Waals surface area contributed by atoms with Crippen molar-refractivity contribution in [3.8, 4) is 0 Å². The van der Waals surface area contributed by atoms with E-state index in [1.807, 2.05) is 6.92 Å². The molecule has 3 unspecified atom stereocenters. The van der Waals surface area contributed by atoms with Crippen LogP contribution in [0.5, 0.6) is 0 Å². The van der Waals surface area contributed by atoms with Gasteiger partial charge in [0.25, 0.3) is 0 Å². The largest absolute Gasteiger partial charge is 0.479 e. The Labute approximate surface area is 82.1 Å². The quantitative estimate of drug-likeness (QED) is 0.614. The minimum absolute atomic E-state index is 0.152. The number of alkyl halides is 1. The maximum absolute atomic E-state index is 13.4. The molecule has 0 aromatic rings. The number of aliphatic hydroxyl groups is 1. The predicted molar refractivity (Wildman–Crippen MR) is 48.7 cm³/mol. The Morgan fingerprint density at radius 2 is 2.43 bits per heavy atom. The first-order valence-electron chi connectivity index (χ1n) is 4.82. The third-order valence-corrected chi connectivity index (χ3v) is 2.95. The van der Waals surface area contributed by atoms with Crippen molar-refractivity contribution in [2.24, 2.45) is 5.92 Å². The van der Waals surface area contributed by atoms with Crippen LogP contribution in [0.4, 0.5) is 4.39 Å². The Bertz CT molecular complexity index is 224. The first kappa shape index (κ1) is 11.4. The first-order chi connectivity index (χ1) is 6.52. The molecule has 5 heteroatoms. The molecule has 1 aliphatic rings. The Balaban J connectivity index is 2.81. The molecule has 0 bridgehead atoms. The number of piperidine rings is 1. The highest BCUT2D eigenvalue weighted by atomic mass is 19.1. The van der Waals surface area contributed by atoms with E-state index in [4.69, 9.17) is 5.11 Å². The fourth-order valence-electron chi connectivity index (χ4n) is 1.99. The van der Waals surface area contributed by atoms with Crippen LogP contribution in [-0.2, 0) is 4.79 Å². The van der Waals surface area contributed by atoms with Gasteiger partial charge in [-0.1, -0.05) is 6.92 Å². The van der Waals surface area contributed by atoms with E-state index in [2.05, 4.69) is 5.32 Å². The number of carbonyl (C=O) groups is 1. The smallest absolute Gasteiger partial charge is 0.341 e. The lowest BCUT2D eigenvalue weighted by atomic mass is 9.77. The average molecular weight is 205 g/mol. The van der Waals surface area contributed by atoms with E-state index >= 15 is 0 Å². The monoisotopic (exact) mass is 205 g/mol. The van der Waals surface area contributed by atoms with Gasteiger partial charge in [0, 0.05) is 12.5 Å². The topological polar surface area (TPSA) is 69.6 Å². The van der Waals surface area contributed by atoms with Crippen LogP contribution >= 0.6 is 0 Å². The summed E-state index contributed by atoms with van der Waals surface area (Å²) in [6.07, 6.45) is -1.47. The molecule has 1 aliphatic heterocycles. The molecule has 14 heavy (non-hydrogen) atoms. The summed E-state index contributed by atoms with van der Waals surface area (Å²) >= 11 is 0. The van der Waals surface area contributed by atoms with Crippen LogP contribution in [0.2, 0.25) is 0 Å². The number of hydrogen-bond donors (Lipinski definition) is 3. The maximum Gasteiger partial charge on any atom is 0.341 e. The number of aliphatic carboxylic acids is 1. The molecule has 0 saturated carbocycles. The molecule has 0 spiro atoms. The molecule has 3 N–H and O–H groups in total. The molecule has 0 aliphatic carbocycles. The summed E-state index contributed by atoms with van der Waals surface area (Å²) in [6.45, 7) is 2.75. The Morgan fingerprint density at radius 1 is 1.79 bits per heavy atom. The van der Waals surface area contributed by atoms with Gasteiger partial charge in [-0.15, -0.1) is 0 Å². The normalized spacial score (nSPS) is 35.2. The van der Waals surface area contributed by atoms with Gasteiger partial charge < -0.3 is 15.5 Å². The Morgan fingerprint density at radius 3 is 2.93 bits per heavy atom. The van der Waals surface area contributed by atoms with E-state index in [0.717, 1.165) is 0 Å². The van der Waals surface area contributed by atoms with Crippen LogP contribution in [0.25, 0.3) is 0 Å². The summed E-state index contributed by atoms with van der Waals surface area (Å²) in [7, 11) is 0. The van der Waals surface area contributed by atoms with Gasteiger partial charge in [-0.2, -0.15) is 0 Å². The number of hydrogen-bond acceptors (Lipinski definition) is 3. The molecule has 1 fully saturated rings. The highest BCUT2D eigenvalue weighted by Crippen LogP contribution is 2.32. The maximum atomic E-state index is 13.4. The van der Waals surface area contributed by atoms with Gasteiger partial charge in [-0.25, -0.2) is 9.18 Å². The van der Waals surface area contributed by atoms with E-state index in [-0.39, 0.29) is 12.3 Å². The molecule has 1 heterocycles. The lowest BCUT2D eigenvalue weighted by Crippen LogP contribution is -2.57. The summed E-state index contributed by atoms with van der Waals surface area (Å²) in [6, 6.07) is 0. The van der Waals surface area contributed by atoms with Gasteiger partial charge >= 0.3 is 5.97 Å². The van der Waals surface area contributed by atoms with Crippen molar-refractivity contribution in [1.29, 1.82) is 0 Å². The zero-order valence-corrected chi connectivity index (χ0v) is 8.16. The van der Waals surface area contributed by atoms with Crippen LogP contribution in [-0.4, -0.2) is 41.0 Å². The summed E-state index contributed by atoms with van der Waals surface area (Å²) in [5.74, 6) is -1.91. The van der Waals surface area contributed by atoms with Crippen LogP contribution in [0, 0.1) is 5.92 Å². The fourth-order valence-corrected chi connectivity index (χ4v) is 1.99. The number of halogens is 1. The van der Waals surface area contributed by atoms with Crippen LogP contribution in [0.3, 0.4) is 0 Å². The molecule has 0 radical (unpaired) electrons. The number of nitrogens with one attached hydrogen (secondary N) is 1. The molecule has 3 atom stereocenters. The second-order valence-corrected chi connectivity index (χ2v) is 3.75. The third-order valence-electron chi connectivity index (χ3n) is 2.95. The van der Waals surface area contributed by atoms with Gasteiger partial charge in [0.2, 0.25) is 6.17 Å². The zero-order chi connectivity index (χ0) is 10.8. The Kier molecular flexibility index (Phi) is 3.44. The minimum Gasteiger partial charge on any atom is -0.479 e. The standard InChI is InChI=1S/C9H16FNO3/c1-2-6-5-11-4-3-9(6,14)7(10)8(12)13/h6-7,11,14H,2-5H2,1H3,(H,12,13). The Hall–Kier alpha value is -0.680. The summed E-state index contributed by atoms with van der Waals surface area (Å²) in [5, 5.41) is 21.5. The lowest BCUT2D eigenvalue weighted by Gasteiger charge is -2.40. The molecule has 82 valence electrons. The van der Waals surface area contributed by atoms with Gasteiger partial charge in [0.05, 0.1) is 0 Å². The van der Waals surface area contributed by atoms with E-state index in [0.29, 0.717) is 19.5 Å². The molecular weight excluding hydrogens is 189 g/mol. The first-order valence-corrected chi connectivity index (χ1v) is 4.82. The van der Waals surface area contributed by atoms with Gasteiger partial charge in [-0.05, 0) is 19.4 Å². The van der Waals surface area contributed by atoms with Crippen molar-refractivity contribution in [3.05, 3.63) is 0 Å². The highest BCUT2D eigenvalue weighted by Gasteiger charge is 2.48. The molecule has 0 amide bonds. The van der Waals surface area contributed by atoms with Gasteiger partial charge in [0.15, 0.2) is 0 Å². The number of rotatable bonds is 3. The fraction of sp³-hybridized carbons (Fsp3) is 0.889. The van der Waals surface area contributed by atoms with Gasteiger partial charge in [-0.3, -0.25) is 0 Å². The second-order valence-electron chi connectivity index (χ2n) is 3.75. The van der Waals surface area contributed by atoms with Gasteiger partial charge in [0.1, 0.15) is 5.60 Å². The van der Waals surface area contributed by atoms with Crippen molar-refractivity contribution in [3.63, 3.8) is 0 Å². The summed E-state index contributed by atoms with van der Waals surface area (Å²) in [4.78, 5) is 10.5. The average Bonchev–Trinajstić information content (AvgIpc) is 2.17. The van der Waals surface area contributed by atoms with E-state index in [9.17, 15) is 14.3 Å². The molecule has 0 aromatic heterocycles. The summed E-state index contributed by atoms with van der Waals surface area (Å²) in [5.41, 5.74) is -1.70. The second kappa shape index (κ2) is 4.23. The highest BCUT2D eigenvalue weighted by molar-refractivity contribution is 5.73. The molecule has 1 rings (SSSR count). The van der Waals surface area contributed by atoms with Crippen molar-refractivity contribution in [1.82, 2.24) is 5.32 Å². The predicted octanol–water partition coefficient (Wildman–Crippen LogP) is 0.160. The van der Waals surface area contributed by atoms with E-state index < -0.39 is 17.7 Å².